The van der Waals surface area contributed by atoms with Gasteiger partial charge in [0.2, 0.25) is 15.9 Å². The van der Waals surface area contributed by atoms with Crippen LogP contribution in [-0.2, 0) is 21.2 Å². The lowest BCUT2D eigenvalue weighted by atomic mass is 10.1. The molecule has 0 aromatic heterocycles. The first-order valence-electron chi connectivity index (χ1n) is 9.83. The second-order valence-electron chi connectivity index (χ2n) is 7.04. The van der Waals surface area contributed by atoms with Gasteiger partial charge in [0.25, 0.3) is 0 Å². The predicted molar refractivity (Wildman–Crippen MR) is 132 cm³/mol. The highest BCUT2D eigenvalue weighted by Crippen LogP contribution is 2.29. The number of halogens is 3. The maximum Gasteiger partial charge on any atom is 0.243 e. The summed E-state index contributed by atoms with van der Waals surface area (Å²) >= 11 is 18.2. The van der Waals surface area contributed by atoms with E-state index in [2.05, 4.69) is 5.32 Å². The van der Waals surface area contributed by atoms with Crippen LogP contribution in [-0.4, -0.2) is 38.8 Å². The van der Waals surface area contributed by atoms with Crippen LogP contribution >= 0.6 is 34.8 Å². The molecule has 1 amide bonds. The molecule has 0 aliphatic heterocycles. The second-order valence-corrected chi connectivity index (χ2v) is 10.2. The Morgan fingerprint density at radius 2 is 1.70 bits per heavy atom. The van der Waals surface area contributed by atoms with Crippen LogP contribution < -0.4 is 10.1 Å². The van der Waals surface area contributed by atoms with Gasteiger partial charge in [0.05, 0.1) is 34.3 Å². The molecule has 0 saturated heterocycles. The van der Waals surface area contributed by atoms with E-state index in [1.807, 2.05) is 30.3 Å². The normalized spacial score (nSPS) is 11.4. The van der Waals surface area contributed by atoms with Gasteiger partial charge in [-0.2, -0.15) is 4.31 Å². The molecule has 10 heteroatoms. The van der Waals surface area contributed by atoms with E-state index >= 15 is 0 Å². The van der Waals surface area contributed by atoms with E-state index in [1.165, 1.54) is 31.4 Å². The lowest BCUT2D eigenvalue weighted by molar-refractivity contribution is -0.116. The number of sulfonamides is 1. The van der Waals surface area contributed by atoms with Crippen LogP contribution in [0.15, 0.2) is 71.6 Å². The first kappa shape index (κ1) is 25.3. The minimum absolute atomic E-state index is 0.0429. The highest BCUT2D eigenvalue weighted by molar-refractivity contribution is 7.89. The lowest BCUT2D eigenvalue weighted by Gasteiger charge is -2.22. The van der Waals surface area contributed by atoms with Crippen molar-refractivity contribution in [1.82, 2.24) is 4.31 Å². The highest BCUT2D eigenvalue weighted by Gasteiger charge is 2.27. The van der Waals surface area contributed by atoms with Crippen LogP contribution in [0.3, 0.4) is 0 Å². The number of nitrogens with one attached hydrogen (secondary N) is 1. The van der Waals surface area contributed by atoms with Crippen molar-refractivity contribution in [3.63, 3.8) is 0 Å². The van der Waals surface area contributed by atoms with Gasteiger partial charge in [0, 0.05) is 11.6 Å². The second kappa shape index (κ2) is 11.2. The molecule has 0 radical (unpaired) electrons. The quantitative estimate of drug-likeness (QED) is 0.397. The number of carbonyl (C=O) groups excluding carboxylic acids is 1. The van der Waals surface area contributed by atoms with Gasteiger partial charge in [0.1, 0.15) is 5.75 Å². The smallest absolute Gasteiger partial charge is 0.243 e. The number of hydrogen-bond acceptors (Lipinski definition) is 4. The van der Waals surface area contributed by atoms with E-state index in [0.717, 1.165) is 9.87 Å². The summed E-state index contributed by atoms with van der Waals surface area (Å²) in [5.74, 6) is -0.197. The van der Waals surface area contributed by atoms with Crippen molar-refractivity contribution in [2.24, 2.45) is 0 Å². The van der Waals surface area contributed by atoms with Gasteiger partial charge >= 0.3 is 0 Å². The molecule has 3 aromatic carbocycles. The molecule has 6 nitrogen and oxygen atoms in total. The van der Waals surface area contributed by atoms with Gasteiger partial charge in [-0.3, -0.25) is 4.79 Å². The molecule has 0 aliphatic carbocycles. The van der Waals surface area contributed by atoms with Gasteiger partial charge in [-0.25, -0.2) is 8.42 Å². The Balaban J connectivity index is 1.86. The minimum Gasteiger partial charge on any atom is -0.495 e. The first-order valence-corrected chi connectivity index (χ1v) is 12.4. The summed E-state index contributed by atoms with van der Waals surface area (Å²) < 4.78 is 33.0. The van der Waals surface area contributed by atoms with Crippen molar-refractivity contribution < 1.29 is 17.9 Å². The van der Waals surface area contributed by atoms with Crippen molar-refractivity contribution in [3.05, 3.63) is 87.4 Å². The zero-order chi connectivity index (χ0) is 24.0. The fraction of sp³-hybridized carbons (Fsp3) is 0.174. The molecule has 0 saturated carbocycles. The number of hydrogen-bond donors (Lipinski definition) is 1. The molecule has 3 aromatic rings. The van der Waals surface area contributed by atoms with Gasteiger partial charge in [0.15, 0.2) is 0 Å². The number of methoxy groups -OCH3 is 1. The number of benzene rings is 3. The van der Waals surface area contributed by atoms with Crippen LogP contribution in [0, 0.1) is 0 Å². The Labute approximate surface area is 208 Å². The number of ether oxygens (including phenoxy) is 1. The van der Waals surface area contributed by atoms with Crippen molar-refractivity contribution in [2.75, 3.05) is 25.5 Å². The summed E-state index contributed by atoms with van der Waals surface area (Å²) in [5.41, 5.74) is 1.27. The third kappa shape index (κ3) is 6.62. The summed E-state index contributed by atoms with van der Waals surface area (Å²) in [6.45, 7) is -0.338. The van der Waals surface area contributed by atoms with Crippen LogP contribution in [0.1, 0.15) is 5.56 Å². The molecular formula is C23H21Cl3N2O4S. The summed E-state index contributed by atoms with van der Waals surface area (Å²) in [5, 5.41) is 3.45. The zero-order valence-corrected chi connectivity index (χ0v) is 20.7. The minimum atomic E-state index is -4.04. The van der Waals surface area contributed by atoms with E-state index in [0.29, 0.717) is 22.9 Å². The van der Waals surface area contributed by atoms with Crippen LogP contribution in [0.5, 0.6) is 5.75 Å². The van der Waals surface area contributed by atoms with Gasteiger partial charge in [-0.15, -0.1) is 0 Å². The van der Waals surface area contributed by atoms with E-state index in [-0.39, 0.29) is 21.5 Å². The third-order valence-electron chi connectivity index (χ3n) is 4.78. The average molecular weight is 528 g/mol. The molecule has 33 heavy (non-hydrogen) atoms. The summed E-state index contributed by atoms with van der Waals surface area (Å²) in [4.78, 5) is 12.7. The van der Waals surface area contributed by atoms with E-state index in [9.17, 15) is 13.2 Å². The standard InChI is InChI=1S/C23H21Cl3N2O4S/c1-32-22-10-8-18(14-20(22)26)33(30,31)28(12-11-16-5-3-2-4-6-16)15-23(29)27-21-9-7-17(24)13-19(21)25/h2-10,13-14H,11-12,15H2,1H3,(H,27,29). The lowest BCUT2D eigenvalue weighted by Crippen LogP contribution is -2.39. The molecule has 3 rings (SSSR count). The van der Waals surface area contributed by atoms with Crippen molar-refractivity contribution in [3.8, 4) is 5.75 Å². The van der Waals surface area contributed by atoms with Crippen molar-refractivity contribution in [2.45, 2.75) is 11.3 Å². The number of anilines is 1. The van der Waals surface area contributed by atoms with Crippen LogP contribution in [0.25, 0.3) is 0 Å². The van der Waals surface area contributed by atoms with E-state index in [1.54, 1.807) is 12.1 Å². The van der Waals surface area contributed by atoms with Crippen molar-refractivity contribution >= 4 is 56.4 Å². The monoisotopic (exact) mass is 526 g/mol. The molecule has 0 spiro atoms. The Morgan fingerprint density at radius 3 is 2.33 bits per heavy atom. The van der Waals surface area contributed by atoms with Gasteiger partial charge < -0.3 is 10.1 Å². The SMILES string of the molecule is COc1ccc(S(=O)(=O)N(CCc2ccccc2)CC(=O)Nc2ccc(Cl)cc2Cl)cc1Cl. The number of amides is 1. The molecule has 0 bridgehead atoms. The molecule has 0 fully saturated rings. The van der Waals surface area contributed by atoms with E-state index in [4.69, 9.17) is 39.5 Å². The van der Waals surface area contributed by atoms with Gasteiger partial charge in [-0.05, 0) is 48.4 Å². The molecule has 0 aliphatic rings. The molecule has 174 valence electrons. The fourth-order valence-corrected chi connectivity index (χ4v) is 5.28. The predicted octanol–water partition coefficient (Wildman–Crippen LogP) is 5.53. The van der Waals surface area contributed by atoms with Gasteiger partial charge in [-0.1, -0.05) is 65.1 Å². The Hall–Kier alpha value is -2.29. The first-order chi connectivity index (χ1) is 15.7. The maximum atomic E-state index is 13.4. The maximum absolute atomic E-state index is 13.4. The largest absolute Gasteiger partial charge is 0.495 e. The molecule has 0 heterocycles. The van der Waals surface area contributed by atoms with Crippen LogP contribution in [0.2, 0.25) is 15.1 Å². The summed E-state index contributed by atoms with van der Waals surface area (Å²) in [6.07, 6.45) is 0.416. The zero-order valence-electron chi connectivity index (χ0n) is 17.6. The highest BCUT2D eigenvalue weighted by atomic mass is 35.5. The summed E-state index contributed by atoms with van der Waals surface area (Å²) in [7, 11) is -2.61. The Bertz CT molecular complexity index is 1240. The number of rotatable bonds is 9. The molecular weight excluding hydrogens is 507 g/mol. The van der Waals surface area contributed by atoms with E-state index < -0.39 is 22.5 Å². The number of nitrogens with zero attached hydrogens (tertiary/aromatic N) is 1. The molecule has 0 atom stereocenters. The van der Waals surface area contributed by atoms with Crippen LogP contribution in [0.4, 0.5) is 5.69 Å². The average Bonchev–Trinajstić information content (AvgIpc) is 2.79. The summed E-state index contributed by atoms with van der Waals surface area (Å²) in [6, 6.07) is 18.2. The topological polar surface area (TPSA) is 75.7 Å². The number of carbonyl (C=O) groups is 1. The molecule has 0 unspecified atom stereocenters. The Kier molecular flexibility index (Phi) is 8.62. The molecule has 1 N–H and O–H groups in total. The Morgan fingerprint density at radius 1 is 0.970 bits per heavy atom. The fourth-order valence-electron chi connectivity index (χ4n) is 3.08. The van der Waals surface area contributed by atoms with Crippen molar-refractivity contribution in [1.29, 1.82) is 0 Å². The third-order valence-corrected chi connectivity index (χ3v) is 7.46.